The first-order valence-electron chi connectivity index (χ1n) is 8.61. The molecule has 0 saturated heterocycles. The fourth-order valence-electron chi connectivity index (χ4n) is 3.07. The Kier molecular flexibility index (Phi) is 6.43. The van der Waals surface area contributed by atoms with Crippen LogP contribution in [0.25, 0.3) is 0 Å². The summed E-state index contributed by atoms with van der Waals surface area (Å²) in [6.45, 7) is 1.62. The smallest absolute Gasteiger partial charge is 0.321 e. The largest absolute Gasteiger partial charge is 0.394 e. The summed E-state index contributed by atoms with van der Waals surface area (Å²) < 4.78 is 14.5. The molecule has 2 amide bonds. The number of halogens is 1. The van der Waals surface area contributed by atoms with Crippen LogP contribution in [0.4, 0.5) is 20.6 Å². The topological polar surface area (TPSA) is 55.8 Å². The van der Waals surface area contributed by atoms with Gasteiger partial charge in [-0.15, -0.1) is 0 Å². The highest BCUT2D eigenvalue weighted by Crippen LogP contribution is 2.29. The molecule has 0 heterocycles. The van der Waals surface area contributed by atoms with Gasteiger partial charge < -0.3 is 20.2 Å². The number of urea groups is 1. The molecule has 5 nitrogen and oxygen atoms in total. The lowest BCUT2D eigenvalue weighted by atomic mass is 9.94. The van der Waals surface area contributed by atoms with Crippen molar-refractivity contribution in [1.29, 1.82) is 0 Å². The Morgan fingerprint density at radius 2 is 2.00 bits per heavy atom. The lowest BCUT2D eigenvalue weighted by molar-refractivity contribution is 0.166. The Morgan fingerprint density at radius 1 is 1.33 bits per heavy atom. The van der Waals surface area contributed by atoms with Gasteiger partial charge in [-0.3, -0.25) is 0 Å². The number of amides is 2. The molecule has 1 aliphatic carbocycles. The molecule has 2 N–H and O–H groups in total. The van der Waals surface area contributed by atoms with E-state index in [2.05, 4.69) is 5.32 Å². The summed E-state index contributed by atoms with van der Waals surface area (Å²) in [6.07, 6.45) is 5.84. The van der Waals surface area contributed by atoms with Crippen molar-refractivity contribution in [2.45, 2.75) is 51.1 Å². The first-order valence-corrected chi connectivity index (χ1v) is 8.61. The molecule has 134 valence electrons. The van der Waals surface area contributed by atoms with Crippen LogP contribution in [0, 0.1) is 5.82 Å². The quantitative estimate of drug-likeness (QED) is 0.865. The molecule has 2 rings (SSSR count). The van der Waals surface area contributed by atoms with Crippen molar-refractivity contribution in [3.8, 4) is 0 Å². The Hall–Kier alpha value is -1.82. The molecule has 1 fully saturated rings. The second-order valence-corrected chi connectivity index (χ2v) is 6.64. The Labute approximate surface area is 143 Å². The normalized spacial score (nSPS) is 16.5. The van der Waals surface area contributed by atoms with E-state index in [4.69, 9.17) is 5.11 Å². The fraction of sp³-hybridized carbons (Fsp3) is 0.611. The van der Waals surface area contributed by atoms with E-state index in [1.807, 2.05) is 11.9 Å². The molecule has 1 unspecified atom stereocenters. The maximum atomic E-state index is 14.5. The van der Waals surface area contributed by atoms with E-state index in [0.29, 0.717) is 17.4 Å². The first-order chi connectivity index (χ1) is 11.4. The monoisotopic (exact) mass is 337 g/mol. The van der Waals surface area contributed by atoms with Crippen LogP contribution >= 0.6 is 0 Å². The molecule has 0 radical (unpaired) electrons. The maximum absolute atomic E-state index is 14.5. The Balaban J connectivity index is 2.05. The van der Waals surface area contributed by atoms with Gasteiger partial charge in [-0.2, -0.15) is 0 Å². The molecule has 0 aliphatic heterocycles. The number of anilines is 2. The average molecular weight is 337 g/mol. The van der Waals surface area contributed by atoms with Crippen LogP contribution in [0.1, 0.15) is 39.0 Å². The minimum absolute atomic E-state index is 0.122. The van der Waals surface area contributed by atoms with Crippen molar-refractivity contribution in [2.24, 2.45) is 0 Å². The van der Waals surface area contributed by atoms with Crippen molar-refractivity contribution in [1.82, 2.24) is 4.90 Å². The van der Waals surface area contributed by atoms with Crippen LogP contribution in [-0.4, -0.2) is 48.8 Å². The zero-order chi connectivity index (χ0) is 17.7. The van der Waals surface area contributed by atoms with Gasteiger partial charge in [0.15, 0.2) is 0 Å². The minimum atomic E-state index is -0.371. The number of rotatable bonds is 5. The summed E-state index contributed by atoms with van der Waals surface area (Å²) in [7, 11) is 3.53. The van der Waals surface area contributed by atoms with Crippen molar-refractivity contribution < 1.29 is 14.3 Å². The molecule has 1 aromatic carbocycles. The Bertz CT molecular complexity index is 561. The van der Waals surface area contributed by atoms with Crippen LogP contribution in [0.5, 0.6) is 0 Å². The lowest BCUT2D eigenvalue weighted by Gasteiger charge is -2.33. The minimum Gasteiger partial charge on any atom is -0.394 e. The summed E-state index contributed by atoms with van der Waals surface area (Å²) >= 11 is 0. The fourth-order valence-corrected chi connectivity index (χ4v) is 3.07. The van der Waals surface area contributed by atoms with Crippen LogP contribution in [0.3, 0.4) is 0 Å². The van der Waals surface area contributed by atoms with E-state index in [9.17, 15) is 9.18 Å². The molecule has 0 aromatic heterocycles. The number of benzene rings is 1. The molecular formula is C18H28FN3O2. The molecule has 1 saturated carbocycles. The summed E-state index contributed by atoms with van der Waals surface area (Å²) in [5.74, 6) is -0.335. The molecule has 1 atom stereocenters. The van der Waals surface area contributed by atoms with Crippen molar-refractivity contribution in [2.75, 3.05) is 30.9 Å². The van der Waals surface area contributed by atoms with E-state index in [-0.39, 0.29) is 24.5 Å². The van der Waals surface area contributed by atoms with E-state index in [1.165, 1.54) is 30.2 Å². The maximum Gasteiger partial charge on any atom is 0.321 e. The van der Waals surface area contributed by atoms with Crippen LogP contribution in [-0.2, 0) is 0 Å². The summed E-state index contributed by atoms with van der Waals surface area (Å²) in [5.41, 5.74) is 0.979. The van der Waals surface area contributed by atoms with Gasteiger partial charge in [-0.1, -0.05) is 19.3 Å². The number of nitrogens with one attached hydrogen (secondary N) is 1. The molecule has 1 aromatic rings. The van der Waals surface area contributed by atoms with E-state index in [0.717, 1.165) is 12.8 Å². The number of nitrogens with zero attached hydrogens (tertiary/aromatic N) is 2. The van der Waals surface area contributed by atoms with Gasteiger partial charge in [0.2, 0.25) is 0 Å². The van der Waals surface area contributed by atoms with Gasteiger partial charge in [0.05, 0.1) is 18.3 Å². The van der Waals surface area contributed by atoms with Crippen molar-refractivity contribution in [3.63, 3.8) is 0 Å². The van der Waals surface area contributed by atoms with Crippen molar-refractivity contribution in [3.05, 3.63) is 24.0 Å². The standard InChI is InChI=1S/C18H28FN3O2/c1-13(12-23)21(2)18(24)20-14-9-10-17(16(19)11-14)22(3)15-7-5-4-6-8-15/h9-11,13,15,23H,4-8,12H2,1-3H3,(H,20,24). The zero-order valence-electron chi connectivity index (χ0n) is 14.8. The van der Waals surface area contributed by atoms with E-state index < -0.39 is 0 Å². The second-order valence-electron chi connectivity index (χ2n) is 6.64. The zero-order valence-corrected chi connectivity index (χ0v) is 14.8. The van der Waals surface area contributed by atoms with Crippen LogP contribution < -0.4 is 10.2 Å². The third kappa shape index (κ3) is 4.38. The highest BCUT2D eigenvalue weighted by molar-refractivity contribution is 5.89. The number of hydrogen-bond donors (Lipinski definition) is 2. The van der Waals surface area contributed by atoms with Crippen LogP contribution in [0.2, 0.25) is 0 Å². The summed E-state index contributed by atoms with van der Waals surface area (Å²) in [4.78, 5) is 15.5. The van der Waals surface area contributed by atoms with Gasteiger partial charge in [-0.05, 0) is 38.0 Å². The number of carbonyl (C=O) groups excluding carboxylic acids is 1. The van der Waals surface area contributed by atoms with Gasteiger partial charge in [0, 0.05) is 25.8 Å². The van der Waals surface area contributed by atoms with Crippen LogP contribution in [0.15, 0.2) is 18.2 Å². The average Bonchev–Trinajstić information content (AvgIpc) is 2.60. The number of aliphatic hydroxyl groups is 1. The second kappa shape index (κ2) is 8.33. The van der Waals surface area contributed by atoms with Gasteiger partial charge in [0.1, 0.15) is 5.82 Å². The number of hydrogen-bond acceptors (Lipinski definition) is 3. The first kappa shape index (κ1) is 18.5. The van der Waals surface area contributed by atoms with E-state index in [1.54, 1.807) is 26.1 Å². The number of aliphatic hydroxyl groups excluding tert-OH is 1. The predicted molar refractivity (Wildman–Crippen MR) is 95.0 cm³/mol. The number of likely N-dealkylation sites (N-methyl/N-ethyl adjacent to an activating group) is 1. The molecule has 0 bridgehead atoms. The van der Waals surface area contributed by atoms with Gasteiger partial charge in [-0.25, -0.2) is 9.18 Å². The Morgan fingerprint density at radius 3 is 2.58 bits per heavy atom. The molecule has 1 aliphatic rings. The van der Waals surface area contributed by atoms with Gasteiger partial charge >= 0.3 is 6.03 Å². The molecule has 6 heteroatoms. The van der Waals surface area contributed by atoms with E-state index >= 15 is 0 Å². The third-order valence-corrected chi connectivity index (χ3v) is 4.95. The third-order valence-electron chi connectivity index (χ3n) is 4.95. The molecule has 24 heavy (non-hydrogen) atoms. The molecule has 0 spiro atoms. The van der Waals surface area contributed by atoms with Gasteiger partial charge in [0.25, 0.3) is 0 Å². The molecular weight excluding hydrogens is 309 g/mol. The SMILES string of the molecule is CC(CO)N(C)C(=O)Nc1ccc(N(C)C2CCCCC2)c(F)c1. The number of carbonyl (C=O) groups is 1. The summed E-state index contributed by atoms with van der Waals surface area (Å²) in [6, 6.07) is 4.49. The highest BCUT2D eigenvalue weighted by Gasteiger charge is 2.21. The summed E-state index contributed by atoms with van der Waals surface area (Å²) in [5, 5.41) is 11.8. The van der Waals surface area contributed by atoms with Crippen molar-refractivity contribution >= 4 is 17.4 Å². The lowest BCUT2D eigenvalue weighted by Crippen LogP contribution is -2.40. The highest BCUT2D eigenvalue weighted by atomic mass is 19.1. The predicted octanol–water partition coefficient (Wildman–Crippen LogP) is 3.44.